The summed E-state index contributed by atoms with van der Waals surface area (Å²) >= 11 is 1.74. The highest BCUT2D eigenvalue weighted by Gasteiger charge is 2.07. The third-order valence-corrected chi connectivity index (χ3v) is 3.65. The molecule has 0 saturated heterocycles. The number of rotatable bonds is 5. The molecule has 3 nitrogen and oxygen atoms in total. The second kappa shape index (κ2) is 5.78. The van der Waals surface area contributed by atoms with E-state index < -0.39 is 0 Å². The third kappa shape index (κ3) is 3.17. The molecule has 1 unspecified atom stereocenters. The Morgan fingerprint density at radius 1 is 1.39 bits per heavy atom. The minimum Gasteiger partial charge on any atom is -0.494 e. The number of anilines is 2. The molecule has 0 aliphatic heterocycles. The molecule has 0 fully saturated rings. The van der Waals surface area contributed by atoms with E-state index in [1.54, 1.807) is 11.3 Å². The molecule has 1 heterocycles. The van der Waals surface area contributed by atoms with Gasteiger partial charge in [0, 0.05) is 28.4 Å². The van der Waals surface area contributed by atoms with Gasteiger partial charge in [-0.1, -0.05) is 6.07 Å². The molecule has 3 N–H and O–H groups in total. The Balaban J connectivity index is 2.13. The van der Waals surface area contributed by atoms with Crippen LogP contribution in [0.4, 0.5) is 11.4 Å². The van der Waals surface area contributed by atoms with Crippen LogP contribution in [0.3, 0.4) is 0 Å². The first kappa shape index (κ1) is 12.8. The van der Waals surface area contributed by atoms with Gasteiger partial charge in [-0.3, -0.25) is 0 Å². The summed E-state index contributed by atoms with van der Waals surface area (Å²) in [5, 5.41) is 5.52. The average molecular weight is 262 g/mol. The number of benzene rings is 1. The maximum Gasteiger partial charge on any atom is 0.123 e. The molecule has 0 spiro atoms. The first-order valence-electron chi connectivity index (χ1n) is 6.02. The summed E-state index contributed by atoms with van der Waals surface area (Å²) in [6.07, 6.45) is 0. The van der Waals surface area contributed by atoms with Gasteiger partial charge in [-0.2, -0.15) is 0 Å². The number of hydrogen-bond donors (Lipinski definition) is 2. The fraction of sp³-hybridized carbons (Fsp3) is 0.286. The van der Waals surface area contributed by atoms with E-state index in [1.807, 2.05) is 25.1 Å². The lowest BCUT2D eigenvalue weighted by Gasteiger charge is -2.15. The van der Waals surface area contributed by atoms with E-state index in [4.69, 9.17) is 10.5 Å². The number of nitrogens with two attached hydrogens (primary N) is 1. The lowest BCUT2D eigenvalue weighted by Crippen LogP contribution is -2.05. The van der Waals surface area contributed by atoms with Crippen molar-refractivity contribution in [2.45, 2.75) is 19.9 Å². The second-order valence-corrected chi connectivity index (χ2v) is 5.08. The fourth-order valence-electron chi connectivity index (χ4n) is 1.81. The van der Waals surface area contributed by atoms with Crippen LogP contribution in [-0.4, -0.2) is 6.61 Å². The van der Waals surface area contributed by atoms with E-state index >= 15 is 0 Å². The number of nitrogens with one attached hydrogen (secondary N) is 1. The second-order valence-electron chi connectivity index (χ2n) is 4.11. The molecule has 1 atom stereocenters. The predicted molar refractivity (Wildman–Crippen MR) is 78.4 cm³/mol. The zero-order valence-corrected chi connectivity index (χ0v) is 11.5. The van der Waals surface area contributed by atoms with Crippen molar-refractivity contribution in [1.82, 2.24) is 0 Å². The predicted octanol–water partition coefficient (Wildman–Crippen LogP) is 3.90. The Morgan fingerprint density at radius 2 is 2.22 bits per heavy atom. The van der Waals surface area contributed by atoms with Gasteiger partial charge < -0.3 is 15.8 Å². The van der Waals surface area contributed by atoms with Crippen LogP contribution >= 0.6 is 11.3 Å². The van der Waals surface area contributed by atoms with E-state index in [0.29, 0.717) is 12.3 Å². The van der Waals surface area contributed by atoms with Crippen LogP contribution in [0.2, 0.25) is 0 Å². The first-order valence-corrected chi connectivity index (χ1v) is 6.90. The smallest absolute Gasteiger partial charge is 0.123 e. The van der Waals surface area contributed by atoms with Gasteiger partial charge in [0.1, 0.15) is 5.75 Å². The standard InChI is InChI=1S/C14H18N2OS/c1-3-17-13-8-11(15)7-12(9-13)16-10(2)14-5-4-6-18-14/h4-10,16H,3,15H2,1-2H3. The van der Waals surface area contributed by atoms with Crippen molar-refractivity contribution in [2.24, 2.45) is 0 Å². The number of thiophene rings is 1. The van der Waals surface area contributed by atoms with Crippen molar-refractivity contribution in [1.29, 1.82) is 0 Å². The van der Waals surface area contributed by atoms with Crippen LogP contribution in [0.25, 0.3) is 0 Å². The van der Waals surface area contributed by atoms with Crippen LogP contribution < -0.4 is 15.8 Å². The Hall–Kier alpha value is -1.68. The highest BCUT2D eigenvalue weighted by molar-refractivity contribution is 7.10. The van der Waals surface area contributed by atoms with Crippen LogP contribution in [0.15, 0.2) is 35.7 Å². The number of ether oxygens (including phenoxy) is 1. The van der Waals surface area contributed by atoms with Gasteiger partial charge in [0.2, 0.25) is 0 Å². The fourth-order valence-corrected chi connectivity index (χ4v) is 2.55. The van der Waals surface area contributed by atoms with Crippen molar-refractivity contribution in [3.63, 3.8) is 0 Å². The molecule has 4 heteroatoms. The Bertz CT molecular complexity index is 497. The number of nitrogen functional groups attached to an aromatic ring is 1. The molecule has 0 aliphatic carbocycles. The Morgan fingerprint density at radius 3 is 2.89 bits per heavy atom. The summed E-state index contributed by atoms with van der Waals surface area (Å²) in [4.78, 5) is 1.30. The third-order valence-electron chi connectivity index (χ3n) is 2.59. The topological polar surface area (TPSA) is 47.3 Å². The molecule has 96 valence electrons. The highest BCUT2D eigenvalue weighted by Crippen LogP contribution is 2.27. The molecular weight excluding hydrogens is 244 g/mol. The largest absolute Gasteiger partial charge is 0.494 e. The zero-order valence-electron chi connectivity index (χ0n) is 10.6. The van der Waals surface area contributed by atoms with Crippen LogP contribution in [0.5, 0.6) is 5.75 Å². The van der Waals surface area contributed by atoms with Gasteiger partial charge in [-0.05, 0) is 31.4 Å². The lowest BCUT2D eigenvalue weighted by molar-refractivity contribution is 0.340. The molecule has 0 bridgehead atoms. The molecule has 2 aromatic rings. The summed E-state index contributed by atoms with van der Waals surface area (Å²) in [5.41, 5.74) is 7.56. The van der Waals surface area contributed by atoms with E-state index in [1.165, 1.54) is 4.88 Å². The normalized spacial score (nSPS) is 12.1. The van der Waals surface area contributed by atoms with Crippen molar-refractivity contribution in [2.75, 3.05) is 17.7 Å². The van der Waals surface area contributed by atoms with Gasteiger partial charge in [-0.25, -0.2) is 0 Å². The summed E-state index contributed by atoms with van der Waals surface area (Å²) in [5.74, 6) is 0.804. The van der Waals surface area contributed by atoms with E-state index in [0.717, 1.165) is 11.4 Å². The van der Waals surface area contributed by atoms with Gasteiger partial charge in [0.05, 0.1) is 12.6 Å². The highest BCUT2D eigenvalue weighted by atomic mass is 32.1. The first-order chi connectivity index (χ1) is 8.69. The lowest BCUT2D eigenvalue weighted by atomic mass is 10.2. The number of hydrogen-bond acceptors (Lipinski definition) is 4. The van der Waals surface area contributed by atoms with E-state index in [2.05, 4.69) is 29.8 Å². The van der Waals surface area contributed by atoms with E-state index in [9.17, 15) is 0 Å². The summed E-state index contributed by atoms with van der Waals surface area (Å²) in [6.45, 7) is 4.74. The van der Waals surface area contributed by atoms with Crippen LogP contribution in [0, 0.1) is 0 Å². The maximum absolute atomic E-state index is 5.87. The van der Waals surface area contributed by atoms with Crippen LogP contribution in [-0.2, 0) is 0 Å². The van der Waals surface area contributed by atoms with Crippen molar-refractivity contribution in [3.05, 3.63) is 40.6 Å². The maximum atomic E-state index is 5.87. The molecule has 0 amide bonds. The Labute approximate surface area is 112 Å². The van der Waals surface area contributed by atoms with Gasteiger partial charge in [0.15, 0.2) is 0 Å². The monoisotopic (exact) mass is 262 g/mol. The van der Waals surface area contributed by atoms with Gasteiger partial charge in [-0.15, -0.1) is 11.3 Å². The summed E-state index contributed by atoms with van der Waals surface area (Å²) in [6, 6.07) is 10.2. The minimum absolute atomic E-state index is 0.265. The molecule has 2 rings (SSSR count). The molecule has 0 radical (unpaired) electrons. The van der Waals surface area contributed by atoms with Crippen molar-refractivity contribution < 1.29 is 4.74 Å². The summed E-state index contributed by atoms with van der Waals surface area (Å²) in [7, 11) is 0. The Kier molecular flexibility index (Phi) is 4.10. The molecule has 0 saturated carbocycles. The SMILES string of the molecule is CCOc1cc(N)cc(NC(C)c2cccs2)c1. The van der Waals surface area contributed by atoms with Crippen molar-refractivity contribution >= 4 is 22.7 Å². The van der Waals surface area contributed by atoms with Gasteiger partial charge in [0.25, 0.3) is 0 Å². The van der Waals surface area contributed by atoms with Crippen molar-refractivity contribution in [3.8, 4) is 5.75 Å². The van der Waals surface area contributed by atoms with Crippen LogP contribution in [0.1, 0.15) is 24.8 Å². The molecule has 1 aromatic heterocycles. The molecule has 18 heavy (non-hydrogen) atoms. The average Bonchev–Trinajstić information content (AvgIpc) is 2.81. The molecular formula is C14H18N2OS. The quantitative estimate of drug-likeness (QED) is 0.803. The molecule has 0 aliphatic rings. The molecule has 1 aromatic carbocycles. The van der Waals surface area contributed by atoms with Gasteiger partial charge >= 0.3 is 0 Å². The zero-order chi connectivity index (χ0) is 13.0. The summed E-state index contributed by atoms with van der Waals surface area (Å²) < 4.78 is 5.48. The minimum atomic E-state index is 0.265. The van der Waals surface area contributed by atoms with E-state index in [-0.39, 0.29) is 6.04 Å².